The first-order valence-corrected chi connectivity index (χ1v) is 8.68. The van der Waals surface area contributed by atoms with Gasteiger partial charge in [0.1, 0.15) is 24.0 Å². The van der Waals surface area contributed by atoms with E-state index in [-0.39, 0.29) is 19.1 Å². The van der Waals surface area contributed by atoms with Gasteiger partial charge in [-0.3, -0.25) is 9.69 Å². The van der Waals surface area contributed by atoms with Crippen molar-refractivity contribution in [1.82, 2.24) is 10.2 Å². The van der Waals surface area contributed by atoms with Gasteiger partial charge in [-0.25, -0.2) is 4.79 Å². The van der Waals surface area contributed by atoms with Crippen LogP contribution in [0.3, 0.4) is 0 Å². The molecule has 4 rings (SSSR count). The molecule has 6 nitrogen and oxygen atoms in total. The maximum atomic E-state index is 13.0. The summed E-state index contributed by atoms with van der Waals surface area (Å²) in [7, 11) is 0. The minimum atomic E-state index is -0.992. The highest BCUT2D eigenvalue weighted by Crippen LogP contribution is 2.41. The lowest BCUT2D eigenvalue weighted by atomic mass is 9.92. The first kappa shape index (κ1) is 16.6. The Labute approximate surface area is 151 Å². The zero-order valence-corrected chi connectivity index (χ0v) is 14.2. The van der Waals surface area contributed by atoms with Crippen LogP contribution in [-0.4, -0.2) is 41.2 Å². The summed E-state index contributed by atoms with van der Waals surface area (Å²) in [5.74, 6) is 0.330. The van der Waals surface area contributed by atoms with E-state index in [9.17, 15) is 14.7 Å². The molecule has 6 heteroatoms. The standard InChI is InChI=1S/C20H20N2O4/c23-15(13-26-16-7-2-1-3-8-16)12-22-18(24)20(21-19(22)25)11-10-14-6-4-5-9-17(14)20/h1-9,15,23H,10-13H2,(H,21,25)/t15-,20+/m1/s1. The molecule has 1 spiro atoms. The van der Waals surface area contributed by atoms with Crippen LogP contribution in [0.5, 0.6) is 5.75 Å². The smallest absolute Gasteiger partial charge is 0.325 e. The second-order valence-corrected chi connectivity index (χ2v) is 6.69. The first-order chi connectivity index (χ1) is 12.6. The van der Waals surface area contributed by atoms with Crippen molar-refractivity contribution in [3.05, 3.63) is 65.7 Å². The predicted octanol–water partition coefficient (Wildman–Crippen LogP) is 1.82. The first-order valence-electron chi connectivity index (χ1n) is 8.68. The Balaban J connectivity index is 1.45. The largest absolute Gasteiger partial charge is 0.491 e. The number of fused-ring (bicyclic) bond motifs is 2. The third-order valence-corrected chi connectivity index (χ3v) is 5.00. The molecule has 0 aromatic heterocycles. The normalized spacial score (nSPS) is 22.4. The van der Waals surface area contributed by atoms with Gasteiger partial charge in [0.15, 0.2) is 0 Å². The summed E-state index contributed by atoms with van der Waals surface area (Å²) >= 11 is 0. The molecule has 0 bridgehead atoms. The van der Waals surface area contributed by atoms with Gasteiger partial charge in [0.05, 0.1) is 6.54 Å². The van der Waals surface area contributed by atoms with Gasteiger partial charge in [-0.15, -0.1) is 0 Å². The van der Waals surface area contributed by atoms with Crippen LogP contribution in [0.25, 0.3) is 0 Å². The zero-order valence-electron chi connectivity index (χ0n) is 14.2. The number of amides is 3. The van der Waals surface area contributed by atoms with Crippen molar-refractivity contribution in [1.29, 1.82) is 0 Å². The molecule has 1 aliphatic carbocycles. The number of nitrogens with zero attached hydrogens (tertiary/aromatic N) is 1. The second-order valence-electron chi connectivity index (χ2n) is 6.69. The minimum Gasteiger partial charge on any atom is -0.491 e. The van der Waals surface area contributed by atoms with Crippen molar-refractivity contribution in [3.8, 4) is 5.75 Å². The fourth-order valence-electron chi connectivity index (χ4n) is 3.73. The highest BCUT2D eigenvalue weighted by molar-refractivity contribution is 6.08. The summed E-state index contributed by atoms with van der Waals surface area (Å²) in [5, 5.41) is 13.1. The predicted molar refractivity (Wildman–Crippen MR) is 94.6 cm³/mol. The molecule has 1 aliphatic heterocycles. The number of ether oxygens (including phenoxy) is 1. The van der Waals surface area contributed by atoms with E-state index in [2.05, 4.69) is 5.32 Å². The van der Waals surface area contributed by atoms with E-state index in [0.29, 0.717) is 12.2 Å². The number of benzene rings is 2. The Morgan fingerprint density at radius 3 is 2.65 bits per heavy atom. The Hall–Kier alpha value is -2.86. The number of urea groups is 1. The van der Waals surface area contributed by atoms with Gasteiger partial charge in [-0.2, -0.15) is 0 Å². The van der Waals surface area contributed by atoms with Crippen LogP contribution >= 0.6 is 0 Å². The molecule has 0 unspecified atom stereocenters. The maximum Gasteiger partial charge on any atom is 0.325 e. The maximum absolute atomic E-state index is 13.0. The Bertz CT molecular complexity index is 839. The molecule has 2 aliphatic rings. The average Bonchev–Trinajstić information content (AvgIpc) is 3.15. The van der Waals surface area contributed by atoms with E-state index >= 15 is 0 Å². The fourth-order valence-corrected chi connectivity index (χ4v) is 3.73. The van der Waals surface area contributed by atoms with Crippen molar-refractivity contribution >= 4 is 11.9 Å². The summed E-state index contributed by atoms with van der Waals surface area (Å²) in [6, 6.07) is 16.3. The van der Waals surface area contributed by atoms with Crippen LogP contribution in [0, 0.1) is 0 Å². The molecular formula is C20H20N2O4. The van der Waals surface area contributed by atoms with Crippen LogP contribution < -0.4 is 10.1 Å². The van der Waals surface area contributed by atoms with E-state index in [1.54, 1.807) is 12.1 Å². The van der Waals surface area contributed by atoms with E-state index in [4.69, 9.17) is 4.74 Å². The molecule has 3 amide bonds. The number of carbonyl (C=O) groups excluding carboxylic acids is 2. The monoisotopic (exact) mass is 352 g/mol. The lowest BCUT2D eigenvalue weighted by Gasteiger charge is -2.23. The van der Waals surface area contributed by atoms with Crippen molar-refractivity contribution in [2.45, 2.75) is 24.5 Å². The van der Waals surface area contributed by atoms with E-state index in [1.165, 1.54) is 0 Å². The zero-order chi connectivity index (χ0) is 18.1. The van der Waals surface area contributed by atoms with Crippen molar-refractivity contribution in [2.75, 3.05) is 13.2 Å². The fraction of sp³-hybridized carbons (Fsp3) is 0.300. The third kappa shape index (κ3) is 2.72. The molecule has 2 N–H and O–H groups in total. The molecule has 26 heavy (non-hydrogen) atoms. The summed E-state index contributed by atoms with van der Waals surface area (Å²) < 4.78 is 5.50. The van der Waals surface area contributed by atoms with Crippen molar-refractivity contribution in [2.24, 2.45) is 0 Å². The van der Waals surface area contributed by atoms with Gasteiger partial charge in [0.25, 0.3) is 5.91 Å². The van der Waals surface area contributed by atoms with E-state index in [0.717, 1.165) is 22.4 Å². The van der Waals surface area contributed by atoms with Gasteiger partial charge in [-0.1, -0.05) is 42.5 Å². The molecule has 2 atom stereocenters. The highest BCUT2D eigenvalue weighted by Gasteiger charge is 2.55. The van der Waals surface area contributed by atoms with Gasteiger partial charge in [0, 0.05) is 0 Å². The Morgan fingerprint density at radius 2 is 1.85 bits per heavy atom. The number of para-hydroxylation sites is 1. The quantitative estimate of drug-likeness (QED) is 0.805. The summed E-state index contributed by atoms with van der Waals surface area (Å²) in [6.07, 6.45) is 0.330. The highest BCUT2D eigenvalue weighted by atomic mass is 16.5. The minimum absolute atomic E-state index is 0.00462. The number of aryl methyl sites for hydroxylation is 1. The SMILES string of the molecule is O=C1N[C@]2(CCc3ccccc32)C(=O)N1C[C@@H](O)COc1ccccc1. The molecule has 1 fully saturated rings. The molecule has 1 saturated heterocycles. The molecule has 2 aromatic rings. The average molecular weight is 352 g/mol. The number of aliphatic hydroxyl groups excluding tert-OH is 1. The number of carbonyl (C=O) groups is 2. The second kappa shape index (κ2) is 6.46. The summed E-state index contributed by atoms with van der Waals surface area (Å²) in [6.45, 7) is -0.0912. The third-order valence-electron chi connectivity index (χ3n) is 5.00. The molecule has 2 aromatic carbocycles. The number of rotatable bonds is 5. The Morgan fingerprint density at radius 1 is 1.12 bits per heavy atom. The lowest BCUT2D eigenvalue weighted by Crippen LogP contribution is -2.43. The number of hydrogen-bond acceptors (Lipinski definition) is 4. The van der Waals surface area contributed by atoms with Gasteiger partial charge in [0.2, 0.25) is 0 Å². The number of β-amino-alcohol motifs (C(OH)–C–C–N with tert-alkyl or cyclic N) is 1. The number of nitrogens with one attached hydrogen (secondary N) is 1. The molecule has 134 valence electrons. The molecular weight excluding hydrogens is 332 g/mol. The van der Waals surface area contributed by atoms with Crippen LogP contribution in [0.4, 0.5) is 4.79 Å². The van der Waals surface area contributed by atoms with Crippen LogP contribution in [0.2, 0.25) is 0 Å². The van der Waals surface area contributed by atoms with Gasteiger partial charge in [-0.05, 0) is 36.1 Å². The summed E-state index contributed by atoms with van der Waals surface area (Å²) in [4.78, 5) is 26.5. The number of aliphatic hydroxyl groups is 1. The van der Waals surface area contributed by atoms with Crippen LogP contribution in [-0.2, 0) is 16.8 Å². The number of imide groups is 1. The topological polar surface area (TPSA) is 78.9 Å². The number of hydrogen-bond donors (Lipinski definition) is 2. The molecule has 1 heterocycles. The van der Waals surface area contributed by atoms with Crippen LogP contribution in [0.15, 0.2) is 54.6 Å². The molecule has 0 saturated carbocycles. The molecule has 0 radical (unpaired) electrons. The Kier molecular flexibility index (Phi) is 4.12. The van der Waals surface area contributed by atoms with Crippen molar-refractivity contribution < 1.29 is 19.4 Å². The van der Waals surface area contributed by atoms with Gasteiger partial charge >= 0.3 is 6.03 Å². The van der Waals surface area contributed by atoms with E-state index < -0.39 is 17.7 Å². The summed E-state index contributed by atoms with van der Waals surface area (Å²) in [5.41, 5.74) is 0.945. The van der Waals surface area contributed by atoms with Gasteiger partial charge < -0.3 is 15.2 Å². The van der Waals surface area contributed by atoms with Crippen LogP contribution in [0.1, 0.15) is 17.5 Å². The van der Waals surface area contributed by atoms with Crippen molar-refractivity contribution in [3.63, 3.8) is 0 Å². The lowest BCUT2D eigenvalue weighted by molar-refractivity contribution is -0.132. The van der Waals surface area contributed by atoms with E-state index in [1.807, 2.05) is 42.5 Å².